The van der Waals surface area contributed by atoms with Crippen LogP contribution < -0.4 is 10.1 Å². The van der Waals surface area contributed by atoms with Crippen LogP contribution in [-0.4, -0.2) is 27.8 Å². The number of nitrogens with zero attached hydrogens (tertiary/aromatic N) is 3. The third kappa shape index (κ3) is 3.55. The molecule has 180 valence electrons. The fourth-order valence-corrected chi connectivity index (χ4v) is 4.99. The summed E-state index contributed by atoms with van der Waals surface area (Å²) in [4.78, 5) is 16.5. The van der Waals surface area contributed by atoms with Crippen molar-refractivity contribution in [2.45, 2.75) is 31.9 Å². The summed E-state index contributed by atoms with van der Waals surface area (Å²) in [5, 5.41) is 8.11. The first-order valence-electron chi connectivity index (χ1n) is 12.0. The molecule has 0 saturated carbocycles. The Hall–Kier alpha value is -4.39. The van der Waals surface area contributed by atoms with Gasteiger partial charge in [-0.3, -0.25) is 0 Å². The van der Waals surface area contributed by atoms with E-state index in [2.05, 4.69) is 59.6 Å². The molecule has 0 radical (unpaired) electrons. The van der Waals surface area contributed by atoms with Crippen molar-refractivity contribution in [3.05, 3.63) is 113 Å². The highest BCUT2D eigenvalue weighted by molar-refractivity contribution is 5.89. The number of carbonyl (C=O) groups excluding carboxylic acids is 1. The topological polar surface area (TPSA) is 78.3 Å². The summed E-state index contributed by atoms with van der Waals surface area (Å²) in [6.07, 6.45) is 1.17. The van der Waals surface area contributed by atoms with E-state index >= 15 is 0 Å². The van der Waals surface area contributed by atoms with Gasteiger partial charge in [-0.25, -0.2) is 9.48 Å². The number of rotatable bonds is 4. The molecule has 4 aromatic rings. The summed E-state index contributed by atoms with van der Waals surface area (Å²) >= 11 is 0. The molecule has 3 aromatic carbocycles. The summed E-state index contributed by atoms with van der Waals surface area (Å²) in [6.45, 7) is 4.38. The highest BCUT2D eigenvalue weighted by Crippen LogP contribution is 2.50. The number of anilines is 1. The van der Waals surface area contributed by atoms with E-state index in [1.165, 1.54) is 12.7 Å². The van der Waals surface area contributed by atoms with Gasteiger partial charge in [-0.2, -0.15) is 10.1 Å². The van der Waals surface area contributed by atoms with Gasteiger partial charge in [0, 0.05) is 11.1 Å². The van der Waals surface area contributed by atoms with Gasteiger partial charge < -0.3 is 14.8 Å². The minimum Gasteiger partial charge on any atom is -0.480 e. The number of benzene rings is 3. The number of hydrogen-bond donors (Lipinski definition) is 1. The van der Waals surface area contributed by atoms with E-state index in [-0.39, 0.29) is 12.0 Å². The molecule has 0 amide bonds. The third-order valence-electron chi connectivity index (χ3n) is 6.87. The van der Waals surface area contributed by atoms with Gasteiger partial charge in [-0.15, -0.1) is 0 Å². The summed E-state index contributed by atoms with van der Waals surface area (Å²) in [5.41, 5.74) is 6.78. The average molecular weight is 479 g/mol. The van der Waals surface area contributed by atoms with Gasteiger partial charge in [0.25, 0.3) is 0 Å². The Morgan fingerprint density at radius 2 is 1.72 bits per heavy atom. The number of carbonyl (C=O) groups is 1. The summed E-state index contributed by atoms with van der Waals surface area (Å²) in [7, 11) is 1.38. The van der Waals surface area contributed by atoms with Crippen molar-refractivity contribution < 1.29 is 14.3 Å². The van der Waals surface area contributed by atoms with Crippen LogP contribution in [-0.2, 0) is 4.74 Å². The standard InChI is InChI=1S/C29H26N4O3/c1-17(2)18-8-10-19(11-9-18)26-24-25(32-29-30-16-31-33(26)29)22-6-4-5-7-23(22)36-27(24)20-12-14-21(15-13-20)28(34)35-3/h4-17,26-27H,1-3H3,(H,30,31,32)/t26-,27+/m1/s1. The fourth-order valence-electron chi connectivity index (χ4n) is 4.99. The molecule has 6 rings (SSSR count). The van der Waals surface area contributed by atoms with E-state index < -0.39 is 6.10 Å². The Morgan fingerprint density at radius 3 is 2.44 bits per heavy atom. The van der Waals surface area contributed by atoms with Crippen LogP contribution in [0.2, 0.25) is 0 Å². The maximum atomic E-state index is 12.0. The highest BCUT2D eigenvalue weighted by Gasteiger charge is 2.40. The van der Waals surface area contributed by atoms with Crippen LogP contribution in [0.4, 0.5) is 5.95 Å². The second-order valence-electron chi connectivity index (χ2n) is 9.32. The molecule has 3 heterocycles. The molecule has 2 atom stereocenters. The maximum Gasteiger partial charge on any atom is 0.337 e. The molecule has 2 aliphatic heterocycles. The van der Waals surface area contributed by atoms with E-state index in [1.54, 1.807) is 18.5 Å². The molecule has 0 spiro atoms. The first-order chi connectivity index (χ1) is 17.5. The lowest BCUT2D eigenvalue weighted by atomic mass is 9.84. The number of methoxy groups -OCH3 is 1. The Balaban J connectivity index is 1.54. The molecule has 0 bridgehead atoms. The van der Waals surface area contributed by atoms with Crippen molar-refractivity contribution in [3.8, 4) is 5.75 Å². The second-order valence-corrected chi connectivity index (χ2v) is 9.32. The van der Waals surface area contributed by atoms with Crippen molar-refractivity contribution in [1.82, 2.24) is 14.8 Å². The van der Waals surface area contributed by atoms with E-state index in [0.29, 0.717) is 17.4 Å². The monoisotopic (exact) mass is 478 g/mol. The highest BCUT2D eigenvalue weighted by atomic mass is 16.5. The number of esters is 1. The van der Waals surface area contributed by atoms with Gasteiger partial charge >= 0.3 is 5.97 Å². The van der Waals surface area contributed by atoms with Crippen molar-refractivity contribution in [2.24, 2.45) is 0 Å². The maximum absolute atomic E-state index is 12.0. The number of hydrogen-bond acceptors (Lipinski definition) is 6. The van der Waals surface area contributed by atoms with Gasteiger partial charge in [0.15, 0.2) is 0 Å². The predicted octanol–water partition coefficient (Wildman–Crippen LogP) is 5.75. The quantitative estimate of drug-likeness (QED) is 0.377. The fraction of sp³-hybridized carbons (Fsp3) is 0.207. The molecule has 2 aliphatic rings. The summed E-state index contributed by atoms with van der Waals surface area (Å²) in [6, 6.07) is 23.9. The molecular weight excluding hydrogens is 452 g/mol. The van der Waals surface area contributed by atoms with E-state index in [9.17, 15) is 4.79 Å². The number of para-hydroxylation sites is 1. The van der Waals surface area contributed by atoms with Gasteiger partial charge in [-0.05, 0) is 46.9 Å². The van der Waals surface area contributed by atoms with Crippen molar-refractivity contribution in [1.29, 1.82) is 0 Å². The summed E-state index contributed by atoms with van der Waals surface area (Å²) < 4.78 is 13.4. The average Bonchev–Trinajstić information content (AvgIpc) is 3.39. The minimum atomic E-state index is -0.402. The molecule has 1 N–H and O–H groups in total. The van der Waals surface area contributed by atoms with Crippen LogP contribution in [0.25, 0.3) is 5.70 Å². The van der Waals surface area contributed by atoms with E-state index in [0.717, 1.165) is 33.7 Å². The lowest BCUT2D eigenvalue weighted by Crippen LogP contribution is -2.32. The van der Waals surface area contributed by atoms with Gasteiger partial charge in [-0.1, -0.05) is 62.4 Å². The molecule has 0 fully saturated rings. The molecule has 0 saturated heterocycles. The lowest BCUT2D eigenvalue weighted by Gasteiger charge is -2.39. The van der Waals surface area contributed by atoms with E-state index in [4.69, 9.17) is 9.47 Å². The zero-order valence-electron chi connectivity index (χ0n) is 20.3. The SMILES string of the molecule is COC(=O)c1ccc([C@@H]2Oc3ccccc3C3=C2[C@@H](c2ccc(C(C)C)cc2)n2ncnc2N3)cc1. The van der Waals surface area contributed by atoms with Crippen LogP contribution in [0, 0.1) is 0 Å². The van der Waals surface area contributed by atoms with E-state index in [1.807, 2.05) is 35.0 Å². The molecule has 0 aliphatic carbocycles. The van der Waals surface area contributed by atoms with Crippen LogP contribution in [0.5, 0.6) is 5.75 Å². The zero-order valence-corrected chi connectivity index (χ0v) is 20.3. The molecule has 1 aromatic heterocycles. The number of aromatic nitrogens is 3. The largest absolute Gasteiger partial charge is 0.480 e. The Morgan fingerprint density at radius 1 is 1.00 bits per heavy atom. The Labute approximate surface area is 209 Å². The first kappa shape index (κ1) is 22.1. The molecular formula is C29H26N4O3. The molecule has 7 nitrogen and oxygen atoms in total. The van der Waals surface area contributed by atoms with Crippen LogP contribution in [0.3, 0.4) is 0 Å². The van der Waals surface area contributed by atoms with Crippen LogP contribution in [0.1, 0.15) is 64.5 Å². The predicted molar refractivity (Wildman–Crippen MR) is 137 cm³/mol. The van der Waals surface area contributed by atoms with Crippen molar-refractivity contribution in [2.75, 3.05) is 12.4 Å². The molecule has 0 unspecified atom stereocenters. The smallest absolute Gasteiger partial charge is 0.337 e. The van der Waals surface area contributed by atoms with Crippen molar-refractivity contribution in [3.63, 3.8) is 0 Å². The third-order valence-corrected chi connectivity index (χ3v) is 6.87. The normalized spacial score (nSPS) is 18.0. The molecule has 36 heavy (non-hydrogen) atoms. The summed E-state index contributed by atoms with van der Waals surface area (Å²) in [5.74, 6) is 1.54. The Bertz CT molecular complexity index is 1470. The van der Waals surface area contributed by atoms with Crippen LogP contribution in [0.15, 0.2) is 84.7 Å². The number of fused-ring (bicyclic) bond motifs is 3. The first-order valence-corrected chi connectivity index (χ1v) is 12.0. The Kier molecular flexibility index (Phi) is 5.33. The minimum absolute atomic E-state index is 0.224. The van der Waals surface area contributed by atoms with Gasteiger partial charge in [0.1, 0.15) is 24.2 Å². The van der Waals surface area contributed by atoms with Gasteiger partial charge in [0.2, 0.25) is 5.95 Å². The number of nitrogens with one attached hydrogen (secondary N) is 1. The van der Waals surface area contributed by atoms with Crippen LogP contribution >= 0.6 is 0 Å². The lowest BCUT2D eigenvalue weighted by molar-refractivity contribution is 0.0600. The van der Waals surface area contributed by atoms with Gasteiger partial charge in [0.05, 0.1) is 18.4 Å². The van der Waals surface area contributed by atoms with Crippen molar-refractivity contribution >= 4 is 17.6 Å². The zero-order chi connectivity index (χ0) is 24.8. The molecule has 7 heteroatoms. The number of ether oxygens (including phenoxy) is 2. The second kappa shape index (κ2) is 8.68.